The van der Waals surface area contributed by atoms with E-state index in [4.69, 9.17) is 4.74 Å². The number of nitrogens with one attached hydrogen (secondary N) is 1. The van der Waals surface area contributed by atoms with E-state index in [0.717, 1.165) is 25.7 Å². The van der Waals surface area contributed by atoms with Gasteiger partial charge in [-0.25, -0.2) is 0 Å². The molecule has 106 valence electrons. The van der Waals surface area contributed by atoms with E-state index in [-0.39, 0.29) is 0 Å². The molecule has 0 aromatic heterocycles. The Labute approximate surface area is 117 Å². The van der Waals surface area contributed by atoms with Crippen LogP contribution >= 0.6 is 0 Å². The second-order valence-electron chi connectivity index (χ2n) is 5.70. The molecule has 1 N–H and O–H groups in total. The van der Waals surface area contributed by atoms with Gasteiger partial charge in [-0.15, -0.1) is 0 Å². The number of benzene rings is 1. The normalized spacial score (nSPS) is 22.2. The van der Waals surface area contributed by atoms with E-state index in [1.807, 2.05) is 0 Å². The van der Waals surface area contributed by atoms with E-state index in [2.05, 4.69) is 43.4 Å². The number of hydrogen-bond acceptors (Lipinski definition) is 2. The molecule has 0 atom stereocenters. The van der Waals surface area contributed by atoms with Crippen LogP contribution < -0.4 is 5.32 Å². The van der Waals surface area contributed by atoms with Gasteiger partial charge < -0.3 is 10.1 Å². The Kier molecular flexibility index (Phi) is 5.87. The fourth-order valence-electron chi connectivity index (χ4n) is 2.66. The largest absolute Gasteiger partial charge is 0.380 e. The Balaban J connectivity index is 1.56. The van der Waals surface area contributed by atoms with Crippen molar-refractivity contribution in [3.05, 3.63) is 35.4 Å². The highest BCUT2D eigenvalue weighted by molar-refractivity contribution is 5.27. The highest BCUT2D eigenvalue weighted by Crippen LogP contribution is 2.36. The molecular weight excluding hydrogens is 234 g/mol. The number of hydrogen-bond donors (Lipinski definition) is 1. The predicted octanol–water partition coefficient (Wildman–Crippen LogP) is 3.65. The molecule has 0 radical (unpaired) electrons. The van der Waals surface area contributed by atoms with Crippen LogP contribution in [-0.4, -0.2) is 25.8 Å². The van der Waals surface area contributed by atoms with E-state index in [1.54, 1.807) is 0 Å². The Bertz CT molecular complexity index is 371. The fraction of sp³-hybridized carbons (Fsp3) is 0.647. The first-order valence-corrected chi connectivity index (χ1v) is 7.67. The summed E-state index contributed by atoms with van der Waals surface area (Å²) < 4.78 is 5.56. The van der Waals surface area contributed by atoms with Gasteiger partial charge in [0.05, 0.1) is 6.61 Å². The second kappa shape index (κ2) is 7.66. The van der Waals surface area contributed by atoms with Gasteiger partial charge in [-0.2, -0.15) is 0 Å². The molecule has 1 aromatic rings. The van der Waals surface area contributed by atoms with Crippen molar-refractivity contribution >= 4 is 0 Å². The van der Waals surface area contributed by atoms with E-state index in [0.29, 0.717) is 6.04 Å². The average molecular weight is 261 g/mol. The number of rotatable bonds is 8. The lowest BCUT2D eigenvalue weighted by molar-refractivity contribution is 0.126. The summed E-state index contributed by atoms with van der Waals surface area (Å²) in [6.45, 7) is 7.13. The summed E-state index contributed by atoms with van der Waals surface area (Å²) in [7, 11) is 0. The van der Waals surface area contributed by atoms with E-state index >= 15 is 0 Å². The Morgan fingerprint density at radius 2 is 2.11 bits per heavy atom. The van der Waals surface area contributed by atoms with E-state index in [9.17, 15) is 0 Å². The lowest BCUT2D eigenvalue weighted by atomic mass is 9.75. The summed E-state index contributed by atoms with van der Waals surface area (Å²) in [5.74, 6) is 0.762. The van der Waals surface area contributed by atoms with Crippen LogP contribution in [0.5, 0.6) is 0 Å². The molecular formula is C17H27NO. The predicted molar refractivity (Wildman–Crippen MR) is 80.7 cm³/mol. The third kappa shape index (κ3) is 4.63. The standard InChI is InChI=1S/C17H27NO/c1-3-4-9-19-10-8-18-17-12-16(13-17)15-7-5-6-14(2)11-15/h5-7,11,16-18H,3-4,8-10,12-13H2,1-2H3. The van der Waals surface area contributed by atoms with E-state index in [1.165, 1.54) is 36.8 Å². The molecule has 0 heterocycles. The molecule has 1 aromatic carbocycles. The van der Waals surface area contributed by atoms with Crippen molar-refractivity contribution in [1.29, 1.82) is 0 Å². The topological polar surface area (TPSA) is 21.3 Å². The van der Waals surface area contributed by atoms with Gasteiger partial charge >= 0.3 is 0 Å². The Morgan fingerprint density at radius 1 is 1.26 bits per heavy atom. The molecule has 0 unspecified atom stereocenters. The minimum Gasteiger partial charge on any atom is -0.380 e. The molecule has 0 aliphatic heterocycles. The first-order valence-electron chi connectivity index (χ1n) is 7.67. The smallest absolute Gasteiger partial charge is 0.0591 e. The molecule has 1 aliphatic carbocycles. The summed E-state index contributed by atoms with van der Waals surface area (Å²) in [6, 6.07) is 9.63. The second-order valence-corrected chi connectivity index (χ2v) is 5.70. The SMILES string of the molecule is CCCCOCCNC1CC(c2cccc(C)c2)C1. The third-order valence-corrected chi connectivity index (χ3v) is 3.97. The van der Waals surface area contributed by atoms with Crippen molar-refractivity contribution in [2.45, 2.75) is 51.5 Å². The van der Waals surface area contributed by atoms with Gasteiger partial charge in [-0.3, -0.25) is 0 Å². The summed E-state index contributed by atoms with van der Waals surface area (Å²) >= 11 is 0. The van der Waals surface area contributed by atoms with Gasteiger partial charge in [-0.05, 0) is 37.7 Å². The lowest BCUT2D eigenvalue weighted by Crippen LogP contribution is -2.41. The minimum absolute atomic E-state index is 0.695. The minimum atomic E-state index is 0.695. The maximum Gasteiger partial charge on any atom is 0.0591 e. The molecule has 1 fully saturated rings. The van der Waals surface area contributed by atoms with E-state index < -0.39 is 0 Å². The van der Waals surface area contributed by atoms with Gasteiger partial charge in [0.1, 0.15) is 0 Å². The van der Waals surface area contributed by atoms with Gasteiger partial charge in [0.25, 0.3) is 0 Å². The molecule has 2 rings (SSSR count). The quantitative estimate of drug-likeness (QED) is 0.721. The van der Waals surface area contributed by atoms with Crippen LogP contribution in [0.3, 0.4) is 0 Å². The van der Waals surface area contributed by atoms with Crippen molar-refractivity contribution < 1.29 is 4.74 Å². The van der Waals surface area contributed by atoms with Gasteiger partial charge in [0.2, 0.25) is 0 Å². The van der Waals surface area contributed by atoms with Crippen LogP contribution in [-0.2, 0) is 4.74 Å². The maximum atomic E-state index is 5.56. The maximum absolute atomic E-state index is 5.56. The highest BCUT2D eigenvalue weighted by Gasteiger charge is 2.29. The summed E-state index contributed by atoms with van der Waals surface area (Å²) in [4.78, 5) is 0. The monoisotopic (exact) mass is 261 g/mol. The van der Waals surface area contributed by atoms with Crippen LogP contribution in [0.25, 0.3) is 0 Å². The third-order valence-electron chi connectivity index (χ3n) is 3.97. The van der Waals surface area contributed by atoms with Crippen LogP contribution in [0.4, 0.5) is 0 Å². The zero-order valence-electron chi connectivity index (χ0n) is 12.3. The zero-order chi connectivity index (χ0) is 13.5. The van der Waals surface area contributed by atoms with Crippen LogP contribution in [0.2, 0.25) is 0 Å². The van der Waals surface area contributed by atoms with Crippen molar-refractivity contribution in [3.63, 3.8) is 0 Å². The Morgan fingerprint density at radius 3 is 2.84 bits per heavy atom. The van der Waals surface area contributed by atoms with Crippen molar-refractivity contribution in [1.82, 2.24) is 5.32 Å². The number of unbranched alkanes of at least 4 members (excludes halogenated alkanes) is 1. The van der Waals surface area contributed by atoms with Gasteiger partial charge in [-0.1, -0.05) is 43.2 Å². The van der Waals surface area contributed by atoms with Gasteiger partial charge in [0, 0.05) is 19.2 Å². The molecule has 0 saturated heterocycles. The zero-order valence-corrected chi connectivity index (χ0v) is 12.3. The summed E-state index contributed by atoms with van der Waals surface area (Å²) in [5.41, 5.74) is 2.88. The molecule has 0 spiro atoms. The van der Waals surface area contributed by atoms with Crippen LogP contribution in [0.1, 0.15) is 49.7 Å². The Hall–Kier alpha value is -0.860. The number of aryl methyl sites for hydroxylation is 1. The number of ether oxygens (including phenoxy) is 1. The first kappa shape index (κ1) is 14.5. The van der Waals surface area contributed by atoms with Crippen molar-refractivity contribution in [2.24, 2.45) is 0 Å². The molecule has 0 bridgehead atoms. The first-order chi connectivity index (χ1) is 9.29. The molecule has 1 aliphatic rings. The highest BCUT2D eigenvalue weighted by atomic mass is 16.5. The molecule has 0 amide bonds. The molecule has 2 heteroatoms. The van der Waals surface area contributed by atoms with Crippen molar-refractivity contribution in [3.8, 4) is 0 Å². The summed E-state index contributed by atoms with van der Waals surface area (Å²) in [6.07, 6.45) is 4.95. The average Bonchev–Trinajstić information content (AvgIpc) is 2.35. The fourth-order valence-corrected chi connectivity index (χ4v) is 2.66. The lowest BCUT2D eigenvalue weighted by Gasteiger charge is -2.36. The molecule has 19 heavy (non-hydrogen) atoms. The van der Waals surface area contributed by atoms with Crippen LogP contribution in [0.15, 0.2) is 24.3 Å². The summed E-state index contributed by atoms with van der Waals surface area (Å²) in [5, 5.41) is 3.59. The van der Waals surface area contributed by atoms with Crippen molar-refractivity contribution in [2.75, 3.05) is 19.8 Å². The molecule has 1 saturated carbocycles. The molecule has 2 nitrogen and oxygen atoms in total. The van der Waals surface area contributed by atoms with Crippen LogP contribution in [0, 0.1) is 6.92 Å². The van der Waals surface area contributed by atoms with Gasteiger partial charge in [0.15, 0.2) is 0 Å².